The molecule has 2 heteroatoms. The van der Waals surface area contributed by atoms with Crippen molar-refractivity contribution in [3.05, 3.63) is 59.2 Å². The maximum atomic E-state index is 11.2. The fourth-order valence-corrected chi connectivity index (χ4v) is 5.94. The fourth-order valence-electron chi connectivity index (χ4n) is 5.94. The summed E-state index contributed by atoms with van der Waals surface area (Å²) in [5, 5.41) is 11.2. The number of hydrogen-bond acceptors (Lipinski definition) is 2. The van der Waals surface area contributed by atoms with Crippen molar-refractivity contribution in [3.8, 4) is 11.5 Å². The van der Waals surface area contributed by atoms with Gasteiger partial charge >= 0.3 is 0 Å². The molecule has 2 nitrogen and oxygen atoms in total. The van der Waals surface area contributed by atoms with Gasteiger partial charge in [-0.3, -0.25) is 0 Å². The molecule has 0 aromatic heterocycles. The largest absolute Gasteiger partial charge is 0.508 e. The molecule has 4 unspecified atom stereocenters. The summed E-state index contributed by atoms with van der Waals surface area (Å²) < 4.78 is 6.44. The standard InChI is InChI=1S/C27H36O2/c1-6-13-27(5,19-10-8-7-9-11-19)20-15-23(28)25-22-17-26(3,4)14-12-21(22)18(2)29-24(25)16-20/h7-11,15-16,18,21-22,28H,6,12-14,17H2,1-5H3. The van der Waals surface area contributed by atoms with Crippen LogP contribution in [0.1, 0.15) is 89.3 Å². The highest BCUT2D eigenvalue weighted by Crippen LogP contribution is 2.56. The lowest BCUT2D eigenvalue weighted by molar-refractivity contribution is 0.0441. The lowest BCUT2D eigenvalue weighted by atomic mass is 9.62. The first-order valence-electron chi connectivity index (χ1n) is 11.3. The second kappa shape index (κ2) is 7.38. The van der Waals surface area contributed by atoms with Crippen molar-refractivity contribution in [1.82, 2.24) is 0 Å². The minimum atomic E-state index is -0.141. The van der Waals surface area contributed by atoms with Crippen LogP contribution in [0.3, 0.4) is 0 Å². The Hall–Kier alpha value is -1.96. The number of ether oxygens (including phenoxy) is 1. The summed E-state index contributed by atoms with van der Waals surface area (Å²) in [5.74, 6) is 2.23. The van der Waals surface area contributed by atoms with Crippen molar-refractivity contribution in [2.75, 3.05) is 0 Å². The van der Waals surface area contributed by atoms with Crippen LogP contribution in [0.4, 0.5) is 0 Å². The molecule has 1 heterocycles. The first kappa shape index (κ1) is 20.3. The summed E-state index contributed by atoms with van der Waals surface area (Å²) in [6, 6.07) is 14.9. The van der Waals surface area contributed by atoms with Gasteiger partial charge in [-0.05, 0) is 67.2 Å². The Morgan fingerprint density at radius 2 is 1.86 bits per heavy atom. The third-order valence-electron chi connectivity index (χ3n) is 7.65. The van der Waals surface area contributed by atoms with Gasteiger partial charge in [0.2, 0.25) is 0 Å². The molecule has 2 aliphatic rings. The predicted octanol–water partition coefficient (Wildman–Crippen LogP) is 7.19. The second-order valence-corrected chi connectivity index (χ2v) is 10.4. The summed E-state index contributed by atoms with van der Waals surface area (Å²) in [6.45, 7) is 11.5. The molecular formula is C27H36O2. The zero-order valence-corrected chi connectivity index (χ0v) is 18.7. The molecular weight excluding hydrogens is 356 g/mol. The highest BCUT2D eigenvalue weighted by atomic mass is 16.5. The van der Waals surface area contributed by atoms with Crippen LogP contribution in [-0.4, -0.2) is 11.2 Å². The van der Waals surface area contributed by atoms with Gasteiger partial charge in [0.05, 0.1) is 6.10 Å². The number of hydrogen-bond donors (Lipinski definition) is 1. The molecule has 0 radical (unpaired) electrons. The third-order valence-corrected chi connectivity index (χ3v) is 7.65. The van der Waals surface area contributed by atoms with E-state index in [0.29, 0.717) is 23.0 Å². The van der Waals surface area contributed by atoms with Crippen molar-refractivity contribution in [2.24, 2.45) is 11.3 Å². The normalized spacial score (nSPS) is 27.3. The maximum absolute atomic E-state index is 11.2. The van der Waals surface area contributed by atoms with Gasteiger partial charge in [-0.25, -0.2) is 0 Å². The summed E-state index contributed by atoms with van der Waals surface area (Å²) in [4.78, 5) is 0. The molecule has 4 atom stereocenters. The molecule has 0 saturated heterocycles. The van der Waals surface area contributed by atoms with E-state index in [1.165, 1.54) is 18.4 Å². The van der Waals surface area contributed by atoms with Gasteiger partial charge in [0.25, 0.3) is 0 Å². The van der Waals surface area contributed by atoms with E-state index in [-0.39, 0.29) is 11.5 Å². The number of aromatic hydroxyl groups is 1. The summed E-state index contributed by atoms with van der Waals surface area (Å²) >= 11 is 0. The van der Waals surface area contributed by atoms with E-state index in [9.17, 15) is 5.11 Å². The molecule has 1 fully saturated rings. The average molecular weight is 393 g/mol. The Morgan fingerprint density at radius 1 is 1.14 bits per heavy atom. The lowest BCUT2D eigenvalue weighted by Crippen LogP contribution is -2.40. The SMILES string of the molecule is CCCC(C)(c1ccccc1)c1cc(O)c2c(c1)OC(C)C1CCC(C)(C)CC21. The lowest BCUT2D eigenvalue weighted by Gasteiger charge is -2.47. The Balaban J connectivity index is 1.81. The van der Waals surface area contributed by atoms with Crippen molar-refractivity contribution in [2.45, 2.75) is 84.2 Å². The molecule has 0 spiro atoms. The quantitative estimate of drug-likeness (QED) is 0.596. The van der Waals surface area contributed by atoms with Crippen LogP contribution in [0.2, 0.25) is 0 Å². The monoisotopic (exact) mass is 392 g/mol. The van der Waals surface area contributed by atoms with Crippen molar-refractivity contribution < 1.29 is 9.84 Å². The van der Waals surface area contributed by atoms with Crippen LogP contribution in [-0.2, 0) is 5.41 Å². The van der Waals surface area contributed by atoms with Crippen LogP contribution in [0, 0.1) is 11.3 Å². The molecule has 0 amide bonds. The zero-order valence-electron chi connectivity index (χ0n) is 18.7. The van der Waals surface area contributed by atoms with E-state index >= 15 is 0 Å². The highest BCUT2D eigenvalue weighted by molar-refractivity contribution is 5.55. The fraction of sp³-hybridized carbons (Fsp3) is 0.556. The molecule has 4 rings (SSSR count). The first-order chi connectivity index (χ1) is 13.7. The van der Waals surface area contributed by atoms with Crippen LogP contribution in [0.5, 0.6) is 11.5 Å². The van der Waals surface area contributed by atoms with Crippen molar-refractivity contribution in [3.63, 3.8) is 0 Å². The van der Waals surface area contributed by atoms with Gasteiger partial charge < -0.3 is 9.84 Å². The van der Waals surface area contributed by atoms with Gasteiger partial charge in [-0.2, -0.15) is 0 Å². The van der Waals surface area contributed by atoms with E-state index in [4.69, 9.17) is 4.74 Å². The van der Waals surface area contributed by atoms with Crippen LogP contribution >= 0.6 is 0 Å². The van der Waals surface area contributed by atoms with E-state index in [0.717, 1.165) is 36.1 Å². The Labute approximate surface area is 176 Å². The third kappa shape index (κ3) is 3.56. The number of fused-ring (bicyclic) bond motifs is 3. The van der Waals surface area contributed by atoms with Crippen molar-refractivity contribution >= 4 is 0 Å². The van der Waals surface area contributed by atoms with Crippen molar-refractivity contribution in [1.29, 1.82) is 0 Å². The van der Waals surface area contributed by atoms with Crippen LogP contribution in [0.25, 0.3) is 0 Å². The van der Waals surface area contributed by atoms with Gasteiger partial charge in [0.1, 0.15) is 11.5 Å². The van der Waals surface area contributed by atoms with E-state index < -0.39 is 0 Å². The molecule has 1 aliphatic carbocycles. The van der Waals surface area contributed by atoms with Gasteiger partial charge in [-0.1, -0.05) is 64.4 Å². The summed E-state index contributed by atoms with van der Waals surface area (Å²) in [5.41, 5.74) is 3.68. The maximum Gasteiger partial charge on any atom is 0.127 e. The number of rotatable bonds is 4. The number of phenolic OH excluding ortho intramolecular Hbond substituents is 1. The first-order valence-corrected chi connectivity index (χ1v) is 11.3. The molecule has 156 valence electrons. The molecule has 1 N–H and O–H groups in total. The number of benzene rings is 2. The summed E-state index contributed by atoms with van der Waals surface area (Å²) in [7, 11) is 0. The second-order valence-electron chi connectivity index (χ2n) is 10.4. The summed E-state index contributed by atoms with van der Waals surface area (Å²) in [6.07, 6.45) is 5.85. The van der Waals surface area contributed by atoms with Crippen LogP contribution in [0.15, 0.2) is 42.5 Å². The zero-order chi connectivity index (χ0) is 20.8. The Kier molecular flexibility index (Phi) is 5.17. The Bertz CT molecular complexity index is 870. The van der Waals surface area contributed by atoms with Gasteiger partial charge in [0, 0.05) is 16.9 Å². The predicted molar refractivity (Wildman–Crippen MR) is 120 cm³/mol. The Morgan fingerprint density at radius 3 is 2.55 bits per heavy atom. The minimum absolute atomic E-state index is 0.141. The van der Waals surface area contributed by atoms with Crippen LogP contribution < -0.4 is 4.74 Å². The molecule has 1 saturated carbocycles. The highest BCUT2D eigenvalue weighted by Gasteiger charge is 2.44. The smallest absolute Gasteiger partial charge is 0.127 e. The minimum Gasteiger partial charge on any atom is -0.508 e. The number of phenols is 1. The average Bonchev–Trinajstić information content (AvgIpc) is 2.67. The van der Waals surface area contributed by atoms with E-state index in [2.05, 4.69) is 71.0 Å². The molecule has 0 bridgehead atoms. The molecule has 1 aliphatic heterocycles. The van der Waals surface area contributed by atoms with Gasteiger partial charge in [0.15, 0.2) is 0 Å². The topological polar surface area (TPSA) is 29.5 Å². The molecule has 2 aromatic rings. The van der Waals surface area contributed by atoms with Gasteiger partial charge in [-0.15, -0.1) is 0 Å². The van der Waals surface area contributed by atoms with E-state index in [1.54, 1.807) is 0 Å². The molecule has 2 aromatic carbocycles. The molecule has 29 heavy (non-hydrogen) atoms. The van der Waals surface area contributed by atoms with E-state index in [1.807, 2.05) is 6.07 Å².